The van der Waals surface area contributed by atoms with Gasteiger partial charge in [-0.1, -0.05) is 51.9 Å². The Morgan fingerprint density at radius 1 is 1.00 bits per heavy atom. The minimum Gasteiger partial charge on any atom is -0.468 e. The second-order valence-corrected chi connectivity index (χ2v) is 6.76. The van der Waals surface area contributed by atoms with Crippen LogP contribution in [0.1, 0.15) is 81.5 Å². The molecule has 0 spiro atoms. The van der Waals surface area contributed by atoms with Crippen LogP contribution >= 0.6 is 0 Å². The van der Waals surface area contributed by atoms with Gasteiger partial charge in [-0.25, -0.2) is 4.79 Å². The lowest BCUT2D eigenvalue weighted by atomic mass is 10.1. The third-order valence-corrected chi connectivity index (χ3v) is 4.65. The fourth-order valence-corrected chi connectivity index (χ4v) is 3.07. The van der Waals surface area contributed by atoms with Crippen LogP contribution in [0.15, 0.2) is 24.3 Å². The van der Waals surface area contributed by atoms with Crippen LogP contribution in [-0.2, 0) is 9.47 Å². The van der Waals surface area contributed by atoms with E-state index >= 15 is 0 Å². The molecule has 1 aromatic carbocycles. The standard InChI is InChI=1S/C21H32O4/c1-2-3-4-5-6-9-16-23-21(22)18-12-14-20(15-13-18)25-17-24-19-10-7-8-11-19/h12-15,19H,2-11,16-17H2,1H3. The Hall–Kier alpha value is -1.55. The van der Waals surface area contributed by atoms with Gasteiger partial charge in [-0.3, -0.25) is 0 Å². The zero-order valence-electron chi connectivity index (χ0n) is 15.5. The molecule has 1 aliphatic rings. The maximum atomic E-state index is 12.0. The van der Waals surface area contributed by atoms with Crippen LogP contribution in [0.25, 0.3) is 0 Å². The monoisotopic (exact) mass is 348 g/mol. The molecule has 1 fully saturated rings. The first-order valence-corrected chi connectivity index (χ1v) is 9.81. The second kappa shape index (κ2) is 11.9. The van der Waals surface area contributed by atoms with Gasteiger partial charge in [0, 0.05) is 0 Å². The van der Waals surface area contributed by atoms with E-state index in [2.05, 4.69) is 6.92 Å². The number of unbranched alkanes of at least 4 members (excludes halogenated alkanes) is 5. The molecule has 0 unspecified atom stereocenters. The first-order chi connectivity index (χ1) is 12.3. The first kappa shape index (κ1) is 19.8. The van der Waals surface area contributed by atoms with Crippen LogP contribution < -0.4 is 4.74 Å². The lowest BCUT2D eigenvalue weighted by Gasteiger charge is -2.12. The largest absolute Gasteiger partial charge is 0.468 e. The molecule has 4 heteroatoms. The summed E-state index contributed by atoms with van der Waals surface area (Å²) in [7, 11) is 0. The smallest absolute Gasteiger partial charge is 0.338 e. The zero-order chi connectivity index (χ0) is 17.7. The third kappa shape index (κ3) is 7.91. The van der Waals surface area contributed by atoms with Crippen molar-refractivity contribution in [1.29, 1.82) is 0 Å². The van der Waals surface area contributed by atoms with Gasteiger partial charge in [0.2, 0.25) is 0 Å². The van der Waals surface area contributed by atoms with Crippen LogP contribution in [0.3, 0.4) is 0 Å². The molecular formula is C21H32O4. The van der Waals surface area contributed by atoms with Gasteiger partial charge >= 0.3 is 5.97 Å². The summed E-state index contributed by atoms with van der Waals surface area (Å²) < 4.78 is 16.6. The molecule has 0 heterocycles. The van der Waals surface area contributed by atoms with E-state index in [1.165, 1.54) is 38.5 Å². The number of esters is 1. The number of hydrogen-bond acceptors (Lipinski definition) is 4. The van der Waals surface area contributed by atoms with Crippen molar-refractivity contribution < 1.29 is 19.0 Å². The van der Waals surface area contributed by atoms with Gasteiger partial charge in [0.1, 0.15) is 5.75 Å². The van der Waals surface area contributed by atoms with Crippen molar-refractivity contribution in [3.8, 4) is 5.75 Å². The minimum absolute atomic E-state index is 0.262. The molecule has 1 aromatic rings. The summed E-state index contributed by atoms with van der Waals surface area (Å²) >= 11 is 0. The molecule has 0 aromatic heterocycles. The Morgan fingerprint density at radius 2 is 1.68 bits per heavy atom. The molecule has 25 heavy (non-hydrogen) atoms. The molecule has 0 amide bonds. The summed E-state index contributed by atoms with van der Waals surface area (Å²) in [6.45, 7) is 2.98. The normalized spacial score (nSPS) is 14.6. The molecule has 0 N–H and O–H groups in total. The molecular weight excluding hydrogens is 316 g/mol. The summed E-state index contributed by atoms with van der Waals surface area (Å²) in [5.74, 6) is 0.452. The van der Waals surface area contributed by atoms with Gasteiger partial charge < -0.3 is 14.2 Å². The molecule has 4 nitrogen and oxygen atoms in total. The van der Waals surface area contributed by atoms with E-state index in [9.17, 15) is 4.79 Å². The van der Waals surface area contributed by atoms with Crippen molar-refractivity contribution in [3.63, 3.8) is 0 Å². The molecule has 0 saturated heterocycles. The highest BCUT2D eigenvalue weighted by Gasteiger charge is 2.15. The van der Waals surface area contributed by atoms with E-state index in [4.69, 9.17) is 14.2 Å². The van der Waals surface area contributed by atoms with E-state index in [1.54, 1.807) is 24.3 Å². The molecule has 1 aliphatic carbocycles. The highest BCUT2D eigenvalue weighted by Crippen LogP contribution is 2.21. The predicted octanol–water partition coefficient (Wildman–Crippen LogP) is 5.50. The highest BCUT2D eigenvalue weighted by molar-refractivity contribution is 5.89. The van der Waals surface area contributed by atoms with E-state index in [-0.39, 0.29) is 12.8 Å². The van der Waals surface area contributed by atoms with Crippen LogP contribution in [-0.4, -0.2) is 25.5 Å². The fourth-order valence-electron chi connectivity index (χ4n) is 3.07. The molecule has 1 saturated carbocycles. The Balaban J connectivity index is 1.58. The van der Waals surface area contributed by atoms with Gasteiger partial charge in [-0.2, -0.15) is 0 Å². The maximum absolute atomic E-state index is 12.0. The number of carbonyl (C=O) groups is 1. The van der Waals surface area contributed by atoms with Crippen LogP contribution in [0, 0.1) is 0 Å². The maximum Gasteiger partial charge on any atom is 0.338 e. The predicted molar refractivity (Wildman–Crippen MR) is 98.9 cm³/mol. The lowest BCUT2D eigenvalue weighted by molar-refractivity contribution is -0.0324. The van der Waals surface area contributed by atoms with Gasteiger partial charge in [0.15, 0.2) is 6.79 Å². The van der Waals surface area contributed by atoms with Crippen molar-refractivity contribution in [2.75, 3.05) is 13.4 Å². The number of ether oxygens (including phenoxy) is 3. The van der Waals surface area contributed by atoms with Gasteiger partial charge in [0.05, 0.1) is 18.3 Å². The van der Waals surface area contributed by atoms with E-state index in [1.807, 2.05) is 0 Å². The summed E-state index contributed by atoms with van der Waals surface area (Å²) in [4.78, 5) is 12.0. The number of benzene rings is 1. The quantitative estimate of drug-likeness (QED) is 0.284. The highest BCUT2D eigenvalue weighted by atomic mass is 16.7. The van der Waals surface area contributed by atoms with Crippen LogP contribution in [0.2, 0.25) is 0 Å². The number of hydrogen-bond donors (Lipinski definition) is 0. The van der Waals surface area contributed by atoms with Crippen LogP contribution in [0.4, 0.5) is 0 Å². The molecule has 2 rings (SSSR count). The molecule has 140 valence electrons. The Labute approximate surface area is 151 Å². The topological polar surface area (TPSA) is 44.8 Å². The molecule has 0 bridgehead atoms. The number of rotatable bonds is 12. The zero-order valence-corrected chi connectivity index (χ0v) is 15.5. The van der Waals surface area contributed by atoms with Gasteiger partial charge in [-0.05, 0) is 43.5 Å². The Kier molecular flexibility index (Phi) is 9.42. The third-order valence-electron chi connectivity index (χ3n) is 4.65. The Morgan fingerprint density at radius 3 is 2.40 bits per heavy atom. The van der Waals surface area contributed by atoms with Crippen molar-refractivity contribution in [1.82, 2.24) is 0 Å². The first-order valence-electron chi connectivity index (χ1n) is 9.81. The summed E-state index contributed by atoms with van der Waals surface area (Å²) in [5.41, 5.74) is 0.565. The summed E-state index contributed by atoms with van der Waals surface area (Å²) in [6.07, 6.45) is 12.2. The van der Waals surface area contributed by atoms with Gasteiger partial charge in [0.25, 0.3) is 0 Å². The fraction of sp³-hybridized carbons (Fsp3) is 0.667. The SMILES string of the molecule is CCCCCCCCOC(=O)c1ccc(OCOC2CCCC2)cc1. The van der Waals surface area contributed by atoms with E-state index < -0.39 is 0 Å². The molecule has 0 atom stereocenters. The Bertz CT molecular complexity index is 477. The van der Waals surface area contributed by atoms with Crippen molar-refractivity contribution in [2.45, 2.75) is 77.2 Å². The van der Waals surface area contributed by atoms with Crippen LogP contribution in [0.5, 0.6) is 5.75 Å². The summed E-state index contributed by atoms with van der Waals surface area (Å²) in [6, 6.07) is 7.07. The average molecular weight is 348 g/mol. The second-order valence-electron chi connectivity index (χ2n) is 6.76. The van der Waals surface area contributed by atoms with Crippen molar-refractivity contribution >= 4 is 5.97 Å². The number of carbonyl (C=O) groups excluding carboxylic acids is 1. The van der Waals surface area contributed by atoms with Crippen molar-refractivity contribution in [3.05, 3.63) is 29.8 Å². The van der Waals surface area contributed by atoms with Crippen molar-refractivity contribution in [2.24, 2.45) is 0 Å². The summed E-state index contributed by atoms with van der Waals surface area (Å²) in [5, 5.41) is 0. The minimum atomic E-state index is -0.262. The molecule has 0 radical (unpaired) electrons. The lowest BCUT2D eigenvalue weighted by Crippen LogP contribution is -2.12. The van der Waals surface area contributed by atoms with E-state index in [0.29, 0.717) is 24.0 Å². The average Bonchev–Trinajstić information content (AvgIpc) is 3.15. The molecule has 0 aliphatic heterocycles. The van der Waals surface area contributed by atoms with E-state index in [0.717, 1.165) is 25.7 Å². The van der Waals surface area contributed by atoms with Gasteiger partial charge in [-0.15, -0.1) is 0 Å².